The number of hydrogen-bond donors (Lipinski definition) is 3. The van der Waals surface area contributed by atoms with Gasteiger partial charge in [0, 0.05) is 12.3 Å². The van der Waals surface area contributed by atoms with Gasteiger partial charge in [-0.15, -0.1) is 0 Å². The Labute approximate surface area is 406 Å². The van der Waals surface area contributed by atoms with Crippen LogP contribution in [0.25, 0.3) is 0 Å². The summed E-state index contributed by atoms with van der Waals surface area (Å²) in [6.07, 6.45) is 24.6. The summed E-state index contributed by atoms with van der Waals surface area (Å²) < 4.78 is 5.51. The van der Waals surface area contributed by atoms with Crippen LogP contribution in [0.5, 0.6) is 17.2 Å². The molecule has 66 heavy (non-hydrogen) atoms. The number of carbonyl (C=O) groups is 1. The van der Waals surface area contributed by atoms with Crippen LogP contribution in [0, 0.1) is 13.8 Å². The van der Waals surface area contributed by atoms with Gasteiger partial charge in [0.2, 0.25) is 0 Å². The maximum Gasteiger partial charge on any atom is 0.306 e. The zero-order chi connectivity index (χ0) is 49.9. The highest BCUT2D eigenvalue weighted by atomic mass is 16.5. The first kappa shape index (κ1) is 58.7. The van der Waals surface area contributed by atoms with E-state index in [0.717, 1.165) is 64.6 Å². The van der Waals surface area contributed by atoms with E-state index in [1.165, 1.54) is 101 Å². The molecule has 0 atom stereocenters. The van der Waals surface area contributed by atoms with Crippen LogP contribution in [-0.2, 0) is 37.6 Å². The largest absolute Gasteiger partial charge is 0.508 e. The summed E-state index contributed by atoms with van der Waals surface area (Å²) in [7, 11) is 0. The van der Waals surface area contributed by atoms with Crippen LogP contribution in [-0.4, -0.2) is 27.9 Å². The lowest BCUT2D eigenvalue weighted by Gasteiger charge is -2.29. The Hall–Kier alpha value is -3.47. The number of rotatable bonds is 24. The molecule has 0 aliphatic rings. The second-order valence-corrected chi connectivity index (χ2v) is 23.9. The molecule has 0 fully saturated rings. The van der Waals surface area contributed by atoms with E-state index in [9.17, 15) is 20.1 Å². The number of esters is 1. The van der Waals surface area contributed by atoms with Crippen LogP contribution in [0.4, 0.5) is 0 Å². The number of benzene rings is 3. The first-order chi connectivity index (χ1) is 30.7. The summed E-state index contributed by atoms with van der Waals surface area (Å²) in [5.41, 5.74) is 9.19. The van der Waals surface area contributed by atoms with Crippen LogP contribution in [0.2, 0.25) is 0 Å². The highest BCUT2D eigenvalue weighted by Gasteiger charge is 2.28. The van der Waals surface area contributed by atoms with Gasteiger partial charge in [0.25, 0.3) is 0 Å². The number of carbonyl (C=O) groups excluding carboxylic acids is 1. The van der Waals surface area contributed by atoms with Crippen molar-refractivity contribution < 1.29 is 24.9 Å². The Morgan fingerprint density at radius 2 is 0.833 bits per heavy atom. The monoisotopic (exact) mass is 913 g/mol. The molecule has 3 rings (SSSR count). The molecular weight excluding hydrogens is 813 g/mol. The highest BCUT2D eigenvalue weighted by molar-refractivity contribution is 5.69. The van der Waals surface area contributed by atoms with E-state index in [2.05, 4.69) is 135 Å². The first-order valence-electron chi connectivity index (χ1n) is 26.4. The number of hydrogen-bond acceptors (Lipinski definition) is 5. The summed E-state index contributed by atoms with van der Waals surface area (Å²) >= 11 is 0. The molecule has 3 N–H and O–H groups in total. The van der Waals surface area contributed by atoms with Crippen LogP contribution < -0.4 is 0 Å². The molecule has 0 amide bonds. The predicted octanol–water partition coefficient (Wildman–Crippen LogP) is 18.0. The van der Waals surface area contributed by atoms with Gasteiger partial charge in [-0.3, -0.25) is 4.79 Å². The smallest absolute Gasteiger partial charge is 0.306 e. The summed E-state index contributed by atoms with van der Waals surface area (Å²) in [4.78, 5) is 12.3. The number of aromatic hydroxyl groups is 3. The molecule has 0 saturated carbocycles. The van der Waals surface area contributed by atoms with Crippen LogP contribution in [0.1, 0.15) is 275 Å². The summed E-state index contributed by atoms with van der Waals surface area (Å²) in [6.45, 7) is 34.7. The first-order valence-corrected chi connectivity index (χ1v) is 26.4. The van der Waals surface area contributed by atoms with Gasteiger partial charge in [-0.05, 0) is 117 Å². The number of phenols is 3. The van der Waals surface area contributed by atoms with Crippen LogP contribution in [0.3, 0.4) is 0 Å². The molecule has 0 aromatic heterocycles. The summed E-state index contributed by atoms with van der Waals surface area (Å²) in [6, 6.07) is 12.4. The fourth-order valence-corrected chi connectivity index (χ4v) is 9.28. The van der Waals surface area contributed by atoms with Crippen molar-refractivity contribution in [2.24, 2.45) is 0 Å². The molecule has 5 nitrogen and oxygen atoms in total. The lowest BCUT2D eigenvalue weighted by molar-refractivity contribution is -0.143. The van der Waals surface area contributed by atoms with Crippen molar-refractivity contribution in [1.29, 1.82) is 0 Å². The predicted molar refractivity (Wildman–Crippen MR) is 284 cm³/mol. The molecule has 3 aromatic carbocycles. The molecule has 0 unspecified atom stereocenters. The third-order valence-electron chi connectivity index (χ3n) is 13.4. The van der Waals surface area contributed by atoms with E-state index >= 15 is 0 Å². The van der Waals surface area contributed by atoms with Gasteiger partial charge in [-0.25, -0.2) is 0 Å². The number of aryl methyl sites for hydroxylation is 3. The van der Waals surface area contributed by atoms with E-state index in [4.69, 9.17) is 4.74 Å². The summed E-state index contributed by atoms with van der Waals surface area (Å²) in [5.74, 6) is 1.27. The van der Waals surface area contributed by atoms with Crippen molar-refractivity contribution in [1.82, 2.24) is 0 Å². The third-order valence-corrected chi connectivity index (χ3v) is 13.4. The Balaban J connectivity index is 0.000000474. The quantitative estimate of drug-likeness (QED) is 0.0616. The van der Waals surface area contributed by atoms with Gasteiger partial charge in [-0.2, -0.15) is 0 Å². The van der Waals surface area contributed by atoms with E-state index < -0.39 is 0 Å². The van der Waals surface area contributed by atoms with Crippen LogP contribution >= 0.6 is 0 Å². The zero-order valence-corrected chi connectivity index (χ0v) is 45.5. The van der Waals surface area contributed by atoms with E-state index in [0.29, 0.717) is 36.7 Å². The van der Waals surface area contributed by atoms with Gasteiger partial charge in [-0.1, -0.05) is 224 Å². The molecule has 0 aliphatic carbocycles. The van der Waals surface area contributed by atoms with E-state index in [1.54, 1.807) is 0 Å². The molecule has 0 radical (unpaired) electrons. The minimum atomic E-state index is -0.159. The standard InChI is InChI=1S/C35H62O3.C26H38O2/c1-8-9-10-11-12-13-14-15-16-17-18-19-20-21-22-23-26-38-32(36)25-24-29-27-30(34(2,3)4)33(37)31(28-29)35(5,6)7;1-10-11-18(19-14-21(25(4,5)6)23(27)12-16(19)2)20-15-22(26(7,8)9)24(28)13-17(20)3/h27-28,37H,8-26H2,1-7H3;12-15,18,27-28H,10-11H2,1-9H3. The molecule has 0 bridgehead atoms. The number of ether oxygens (including phenoxy) is 1. The van der Waals surface area contributed by atoms with Crippen molar-refractivity contribution in [3.05, 3.63) is 86.5 Å². The molecule has 0 saturated heterocycles. The molecule has 0 heterocycles. The lowest BCUT2D eigenvalue weighted by atomic mass is 9.76. The Morgan fingerprint density at radius 3 is 1.17 bits per heavy atom. The zero-order valence-electron chi connectivity index (χ0n) is 45.5. The minimum absolute atomic E-state index is 0.117. The highest BCUT2D eigenvalue weighted by Crippen LogP contribution is 2.43. The lowest BCUT2D eigenvalue weighted by Crippen LogP contribution is -2.18. The van der Waals surface area contributed by atoms with Crippen molar-refractivity contribution in [2.45, 2.75) is 267 Å². The van der Waals surface area contributed by atoms with Gasteiger partial charge in [0.05, 0.1) is 6.61 Å². The van der Waals surface area contributed by atoms with Gasteiger partial charge in [0.15, 0.2) is 0 Å². The maximum atomic E-state index is 12.3. The Morgan fingerprint density at radius 1 is 0.485 bits per heavy atom. The fourth-order valence-electron chi connectivity index (χ4n) is 9.28. The van der Waals surface area contributed by atoms with Gasteiger partial charge in [0.1, 0.15) is 17.2 Å². The Kier molecular flexibility index (Phi) is 24.4. The molecule has 374 valence electrons. The summed E-state index contributed by atoms with van der Waals surface area (Å²) in [5, 5.41) is 32.0. The number of phenolic OH excluding ortho intramolecular Hbond substituents is 3. The Bertz CT molecular complexity index is 1790. The van der Waals surface area contributed by atoms with Crippen molar-refractivity contribution >= 4 is 5.97 Å². The molecular formula is C61H100O5. The molecule has 0 spiro atoms. The fraction of sp³-hybridized carbons (Fsp3) is 0.689. The van der Waals surface area contributed by atoms with Gasteiger partial charge < -0.3 is 20.1 Å². The van der Waals surface area contributed by atoms with E-state index in [1.807, 2.05) is 12.1 Å². The maximum absolute atomic E-state index is 12.3. The minimum Gasteiger partial charge on any atom is -0.508 e. The third kappa shape index (κ3) is 20.0. The average molecular weight is 913 g/mol. The van der Waals surface area contributed by atoms with Gasteiger partial charge >= 0.3 is 5.97 Å². The van der Waals surface area contributed by atoms with Crippen molar-refractivity contribution in [3.8, 4) is 17.2 Å². The molecule has 5 heteroatoms. The van der Waals surface area contributed by atoms with Crippen LogP contribution in [0.15, 0.2) is 36.4 Å². The average Bonchev–Trinajstić information content (AvgIpc) is 3.19. The van der Waals surface area contributed by atoms with E-state index in [-0.39, 0.29) is 33.5 Å². The normalized spacial score (nSPS) is 12.4. The number of unbranched alkanes of at least 4 members (excludes halogenated alkanes) is 15. The van der Waals surface area contributed by atoms with Crippen molar-refractivity contribution in [3.63, 3.8) is 0 Å². The second-order valence-electron chi connectivity index (χ2n) is 23.9. The SMILES string of the molecule is CCCC(c1cc(C(C)(C)C)c(O)cc1C)c1cc(C(C)(C)C)c(O)cc1C.CCCCCCCCCCCCCCCCCCOC(=O)CCc1cc(C(C)(C)C)c(O)c(C(C)(C)C)c1. The molecule has 3 aromatic rings. The topological polar surface area (TPSA) is 87.0 Å². The molecule has 0 aliphatic heterocycles. The second kappa shape index (κ2) is 27.5. The van der Waals surface area contributed by atoms with Crippen molar-refractivity contribution in [2.75, 3.05) is 6.61 Å².